The molecule has 0 bridgehead atoms. The van der Waals surface area contributed by atoms with E-state index < -0.39 is 30.4 Å². The molecule has 4 amide bonds. The first-order valence-electron chi connectivity index (χ1n) is 7.10. The van der Waals surface area contributed by atoms with Crippen molar-refractivity contribution >= 4 is 24.2 Å². The topological polar surface area (TPSA) is 115 Å². The van der Waals surface area contributed by atoms with Gasteiger partial charge in [0.05, 0.1) is 12.9 Å². The van der Waals surface area contributed by atoms with Gasteiger partial charge in [-0.25, -0.2) is 14.0 Å². The smallest absolute Gasteiger partial charge is 0.423 e. The van der Waals surface area contributed by atoms with Gasteiger partial charge in [-0.1, -0.05) is 13.8 Å². The molecule has 0 saturated carbocycles. The highest BCUT2D eigenvalue weighted by Crippen LogP contribution is 2.17. The van der Waals surface area contributed by atoms with Crippen LogP contribution in [0.5, 0.6) is 0 Å². The highest BCUT2D eigenvalue weighted by molar-refractivity contribution is 6.05. The van der Waals surface area contributed by atoms with Crippen molar-refractivity contribution in [2.45, 2.75) is 26.2 Å². The second-order valence-electron chi connectivity index (χ2n) is 5.45. The number of urea groups is 1. The van der Waals surface area contributed by atoms with E-state index in [-0.39, 0.29) is 27.9 Å². The molecule has 130 valence electrons. The second-order valence-corrected chi connectivity index (χ2v) is 5.45. The van der Waals surface area contributed by atoms with Gasteiger partial charge in [0, 0.05) is 0 Å². The zero-order chi connectivity index (χ0) is 17.9. The summed E-state index contributed by atoms with van der Waals surface area (Å²) in [5.74, 6) is -1.29. The molecule has 2 unspecified atom stereocenters. The van der Waals surface area contributed by atoms with Crippen LogP contribution in [0.15, 0.2) is 22.8 Å². The molecule has 1 aliphatic heterocycles. The van der Waals surface area contributed by atoms with Crippen LogP contribution < -0.4 is 5.32 Å². The number of hydrogen-bond donors (Lipinski definition) is 1. The molecular formula is C14H16FN3O6. The Kier molecular flexibility index (Phi) is 5.17. The van der Waals surface area contributed by atoms with Crippen molar-refractivity contribution in [2.24, 2.45) is 5.92 Å². The lowest BCUT2D eigenvalue weighted by Crippen LogP contribution is -2.66. The molecule has 10 heteroatoms. The third kappa shape index (κ3) is 3.70. The lowest BCUT2D eigenvalue weighted by Gasteiger charge is -2.32. The third-order valence-electron chi connectivity index (χ3n) is 3.02. The van der Waals surface area contributed by atoms with E-state index in [0.717, 1.165) is 6.21 Å². The fourth-order valence-corrected chi connectivity index (χ4v) is 1.93. The summed E-state index contributed by atoms with van der Waals surface area (Å²) in [4.78, 5) is 35.6. The van der Waals surface area contributed by atoms with E-state index in [2.05, 4.69) is 0 Å². The Labute approximate surface area is 136 Å². The molecule has 1 aromatic heterocycles. The predicted octanol–water partition coefficient (Wildman–Crippen LogP) is 1.22. The molecule has 0 aliphatic carbocycles. The van der Waals surface area contributed by atoms with Gasteiger partial charge in [0.15, 0.2) is 5.76 Å². The third-order valence-corrected chi connectivity index (χ3v) is 3.02. The van der Waals surface area contributed by atoms with Gasteiger partial charge in [0.1, 0.15) is 0 Å². The van der Waals surface area contributed by atoms with Crippen LogP contribution in [0.3, 0.4) is 0 Å². The summed E-state index contributed by atoms with van der Waals surface area (Å²) in [6, 6.07) is 1.66. The van der Waals surface area contributed by atoms with Crippen molar-refractivity contribution < 1.29 is 32.7 Å². The number of imide groups is 2. The first-order valence-corrected chi connectivity index (χ1v) is 7.10. The van der Waals surface area contributed by atoms with Crippen LogP contribution in [-0.2, 0) is 9.53 Å². The number of carbonyl (C=O) groups excluding carboxylic acids is 3. The maximum atomic E-state index is 14.2. The van der Waals surface area contributed by atoms with Crippen molar-refractivity contribution in [3.05, 3.63) is 29.4 Å². The fraction of sp³-hybridized carbons (Fsp3) is 0.429. The van der Waals surface area contributed by atoms with Crippen LogP contribution in [0.4, 0.5) is 14.0 Å². The van der Waals surface area contributed by atoms with Crippen LogP contribution in [0.1, 0.15) is 19.6 Å². The van der Waals surface area contributed by atoms with Crippen LogP contribution >= 0.6 is 0 Å². The fourth-order valence-electron chi connectivity index (χ4n) is 1.93. The molecule has 9 nitrogen and oxygen atoms in total. The van der Waals surface area contributed by atoms with Crippen molar-refractivity contribution in [1.82, 2.24) is 10.2 Å². The standard InChI is InChI=1S/C14H16FN3O6/c1-8(2)7-24-14(21)18-12(10(15)11(19)16-13(18)20)17(22)6-9-4-3-5-23-9/h3-6,8,10,12H,7H2,1-2H3,(H,16,19,20). The summed E-state index contributed by atoms with van der Waals surface area (Å²) in [5, 5.41) is 13.9. The second kappa shape index (κ2) is 7.11. The highest BCUT2D eigenvalue weighted by Gasteiger charge is 2.51. The number of hydrogen-bond acceptors (Lipinski definition) is 6. The van der Waals surface area contributed by atoms with Crippen molar-refractivity contribution in [1.29, 1.82) is 0 Å². The molecule has 1 N–H and O–H groups in total. The van der Waals surface area contributed by atoms with E-state index in [1.807, 2.05) is 0 Å². The summed E-state index contributed by atoms with van der Waals surface area (Å²) in [6.07, 6.45) is -3.60. The number of ether oxygens (including phenoxy) is 1. The lowest BCUT2D eigenvalue weighted by atomic mass is 10.2. The molecule has 1 aliphatic rings. The van der Waals surface area contributed by atoms with E-state index >= 15 is 0 Å². The first kappa shape index (κ1) is 17.4. The molecule has 1 saturated heterocycles. The van der Waals surface area contributed by atoms with Crippen LogP contribution in [0.2, 0.25) is 0 Å². The summed E-state index contributed by atoms with van der Waals surface area (Å²) in [5.41, 5.74) is 0. The molecule has 0 spiro atoms. The summed E-state index contributed by atoms with van der Waals surface area (Å²) < 4.78 is 23.9. The van der Waals surface area contributed by atoms with Gasteiger partial charge in [-0.3, -0.25) is 10.1 Å². The molecule has 1 aromatic rings. The number of amides is 4. The largest absolute Gasteiger partial charge is 0.622 e. The number of furan rings is 1. The normalized spacial score (nSPS) is 21.8. The quantitative estimate of drug-likeness (QED) is 0.381. The summed E-state index contributed by atoms with van der Waals surface area (Å²) >= 11 is 0. The van der Waals surface area contributed by atoms with E-state index in [1.165, 1.54) is 18.4 Å². The summed E-state index contributed by atoms with van der Waals surface area (Å²) in [6.45, 7) is 3.47. The maximum Gasteiger partial charge on any atom is 0.423 e. The number of nitrogens with zero attached hydrogens (tertiary/aromatic N) is 2. The molecule has 1 fully saturated rings. The number of nitrogens with one attached hydrogen (secondary N) is 1. The molecule has 2 heterocycles. The number of hydroxylamine groups is 1. The average Bonchev–Trinajstić information content (AvgIpc) is 3.00. The van der Waals surface area contributed by atoms with Gasteiger partial charge in [-0.05, 0) is 18.1 Å². The summed E-state index contributed by atoms with van der Waals surface area (Å²) in [7, 11) is 0. The SMILES string of the molecule is CC(C)COC(=O)N1C(=O)NC(=O)C(F)C1[N+]([O-])=Cc1ccco1. The van der Waals surface area contributed by atoms with Crippen LogP contribution in [0.25, 0.3) is 0 Å². The van der Waals surface area contributed by atoms with Gasteiger partial charge in [0.25, 0.3) is 18.2 Å². The molecule has 24 heavy (non-hydrogen) atoms. The highest BCUT2D eigenvalue weighted by atomic mass is 19.1. The van der Waals surface area contributed by atoms with Crippen molar-refractivity contribution in [2.75, 3.05) is 6.61 Å². The molecule has 0 aromatic carbocycles. The molecular weight excluding hydrogens is 325 g/mol. The Hall–Kier alpha value is -2.91. The Bertz CT molecular complexity index is 657. The predicted molar refractivity (Wildman–Crippen MR) is 77.7 cm³/mol. The minimum Gasteiger partial charge on any atom is -0.622 e. The maximum absolute atomic E-state index is 14.2. The van der Waals surface area contributed by atoms with E-state index in [9.17, 15) is 24.0 Å². The number of halogens is 1. The average molecular weight is 341 g/mol. The van der Waals surface area contributed by atoms with E-state index in [4.69, 9.17) is 9.15 Å². The Morgan fingerprint density at radius 1 is 1.58 bits per heavy atom. The Morgan fingerprint density at radius 3 is 2.88 bits per heavy atom. The number of carbonyl (C=O) groups is 3. The van der Waals surface area contributed by atoms with Gasteiger partial charge in [-0.2, -0.15) is 9.64 Å². The molecule has 2 rings (SSSR count). The van der Waals surface area contributed by atoms with Gasteiger partial charge >= 0.3 is 12.1 Å². The molecule has 2 atom stereocenters. The van der Waals surface area contributed by atoms with E-state index in [0.29, 0.717) is 0 Å². The van der Waals surface area contributed by atoms with Crippen LogP contribution in [-0.4, -0.2) is 52.8 Å². The molecule has 0 radical (unpaired) electrons. The number of alkyl halides is 1. The van der Waals surface area contributed by atoms with Gasteiger partial charge < -0.3 is 14.4 Å². The van der Waals surface area contributed by atoms with Gasteiger partial charge in [-0.15, -0.1) is 0 Å². The van der Waals surface area contributed by atoms with Crippen LogP contribution in [0, 0.1) is 11.1 Å². The Morgan fingerprint density at radius 2 is 2.29 bits per heavy atom. The minimum atomic E-state index is -2.45. The van der Waals surface area contributed by atoms with E-state index in [1.54, 1.807) is 19.2 Å². The Balaban J connectivity index is 2.31. The van der Waals surface area contributed by atoms with Crippen molar-refractivity contribution in [3.63, 3.8) is 0 Å². The number of rotatable bonds is 4. The monoisotopic (exact) mass is 341 g/mol. The minimum absolute atomic E-state index is 0.0310. The lowest BCUT2D eigenvalue weighted by molar-refractivity contribution is -0.525. The zero-order valence-corrected chi connectivity index (χ0v) is 13.0. The zero-order valence-electron chi connectivity index (χ0n) is 13.0. The first-order chi connectivity index (χ1) is 11.3. The van der Waals surface area contributed by atoms with Gasteiger partial charge in [0.2, 0.25) is 6.21 Å². The van der Waals surface area contributed by atoms with Crippen molar-refractivity contribution in [3.8, 4) is 0 Å².